The van der Waals surface area contributed by atoms with Crippen molar-refractivity contribution in [3.63, 3.8) is 0 Å². The Morgan fingerprint density at radius 1 is 0.970 bits per heavy atom. The minimum atomic E-state index is -4.54. The number of halogens is 4. The van der Waals surface area contributed by atoms with Gasteiger partial charge in [-0.15, -0.1) is 12.6 Å². The molecule has 0 saturated heterocycles. The molecule has 0 radical (unpaired) electrons. The van der Waals surface area contributed by atoms with Crippen LogP contribution < -0.4 is 10.1 Å². The maximum atomic E-state index is 14.8. The number of ether oxygens (including phenoxy) is 1. The van der Waals surface area contributed by atoms with E-state index in [2.05, 4.69) is 34.6 Å². The molecule has 3 nitrogen and oxygen atoms in total. The lowest BCUT2D eigenvalue weighted by Crippen LogP contribution is -2.19. The molecular weight excluding hydrogens is 452 g/mol. The molecule has 0 atom stereocenters. The fourth-order valence-electron chi connectivity index (χ4n) is 3.84. The smallest absolute Gasteiger partial charge is 0.422 e. The van der Waals surface area contributed by atoms with Crippen molar-refractivity contribution in [1.82, 2.24) is 4.98 Å². The van der Waals surface area contributed by atoms with E-state index in [-0.39, 0.29) is 5.52 Å². The number of nitrogens with zero attached hydrogens (tertiary/aromatic N) is 1. The Morgan fingerprint density at radius 3 is 2.36 bits per heavy atom. The maximum Gasteiger partial charge on any atom is 0.422 e. The predicted molar refractivity (Wildman–Crippen MR) is 129 cm³/mol. The van der Waals surface area contributed by atoms with Gasteiger partial charge in [0.2, 0.25) is 0 Å². The van der Waals surface area contributed by atoms with Gasteiger partial charge in [-0.1, -0.05) is 51.9 Å². The van der Waals surface area contributed by atoms with Crippen molar-refractivity contribution < 1.29 is 22.3 Å². The zero-order chi connectivity index (χ0) is 23.8. The van der Waals surface area contributed by atoms with Gasteiger partial charge < -0.3 is 10.1 Å². The van der Waals surface area contributed by atoms with Gasteiger partial charge in [-0.05, 0) is 36.8 Å². The first kappa shape index (κ1) is 25.4. The summed E-state index contributed by atoms with van der Waals surface area (Å²) >= 11 is 4.56. The first-order chi connectivity index (χ1) is 15.8. The van der Waals surface area contributed by atoms with E-state index in [1.807, 2.05) is 0 Å². The SMILES string of the molecule is CCCCCCCCCCNc1c(S)ccc2nc3c(F)c(OCC(F)(F)F)ccc3cc12. The third-order valence-electron chi connectivity index (χ3n) is 5.57. The van der Waals surface area contributed by atoms with Crippen LogP contribution in [-0.4, -0.2) is 24.3 Å². The number of benzene rings is 2. The Balaban J connectivity index is 1.71. The van der Waals surface area contributed by atoms with Crippen molar-refractivity contribution in [2.75, 3.05) is 18.5 Å². The average Bonchev–Trinajstić information content (AvgIpc) is 2.77. The van der Waals surface area contributed by atoms with Gasteiger partial charge in [0, 0.05) is 22.2 Å². The van der Waals surface area contributed by atoms with Crippen molar-refractivity contribution >= 4 is 40.1 Å². The van der Waals surface area contributed by atoms with Crippen LogP contribution >= 0.6 is 12.6 Å². The summed E-state index contributed by atoms with van der Waals surface area (Å²) in [6, 6.07) is 8.01. The van der Waals surface area contributed by atoms with Gasteiger partial charge in [0.1, 0.15) is 5.52 Å². The highest BCUT2D eigenvalue weighted by Crippen LogP contribution is 2.34. The summed E-state index contributed by atoms with van der Waals surface area (Å²) in [6.45, 7) is 1.45. The van der Waals surface area contributed by atoms with Crippen LogP contribution in [0.25, 0.3) is 21.8 Å². The lowest BCUT2D eigenvalue weighted by atomic mass is 10.1. The third-order valence-corrected chi connectivity index (χ3v) is 5.94. The highest BCUT2D eigenvalue weighted by Gasteiger charge is 2.29. The molecule has 3 aromatic rings. The van der Waals surface area contributed by atoms with Gasteiger partial charge in [-0.3, -0.25) is 0 Å². The van der Waals surface area contributed by atoms with E-state index in [9.17, 15) is 17.6 Å². The second-order valence-corrected chi connectivity index (χ2v) is 8.75. The summed E-state index contributed by atoms with van der Waals surface area (Å²) in [7, 11) is 0. The molecule has 3 rings (SSSR count). The van der Waals surface area contributed by atoms with Crippen molar-refractivity contribution in [2.45, 2.75) is 69.4 Å². The number of fused-ring (bicyclic) bond motifs is 2. The maximum absolute atomic E-state index is 14.8. The van der Waals surface area contributed by atoms with E-state index in [1.54, 1.807) is 18.2 Å². The highest BCUT2D eigenvalue weighted by atomic mass is 32.1. The zero-order valence-corrected chi connectivity index (χ0v) is 19.7. The number of nitrogens with one attached hydrogen (secondary N) is 1. The van der Waals surface area contributed by atoms with E-state index in [1.165, 1.54) is 50.7 Å². The van der Waals surface area contributed by atoms with Crippen LogP contribution in [0.3, 0.4) is 0 Å². The second-order valence-electron chi connectivity index (χ2n) is 8.27. The summed E-state index contributed by atoms with van der Waals surface area (Å²) in [4.78, 5) is 5.13. The summed E-state index contributed by atoms with van der Waals surface area (Å²) in [5, 5.41) is 4.70. The molecule has 1 heterocycles. The number of alkyl halides is 3. The molecule has 1 aromatic heterocycles. The summed E-state index contributed by atoms with van der Waals surface area (Å²) in [5.41, 5.74) is 1.33. The van der Waals surface area contributed by atoms with Gasteiger partial charge in [0.05, 0.1) is 11.2 Å². The molecule has 0 amide bonds. The molecule has 0 unspecified atom stereocenters. The van der Waals surface area contributed by atoms with Crippen molar-refractivity contribution in [3.05, 3.63) is 36.1 Å². The Bertz CT molecular complexity index is 1070. The molecule has 2 aromatic carbocycles. The largest absolute Gasteiger partial charge is 0.481 e. The highest BCUT2D eigenvalue weighted by molar-refractivity contribution is 7.80. The minimum absolute atomic E-state index is 0.0249. The van der Waals surface area contributed by atoms with Gasteiger partial charge in [-0.2, -0.15) is 13.2 Å². The quantitative estimate of drug-likeness (QED) is 0.118. The molecule has 33 heavy (non-hydrogen) atoms. The zero-order valence-electron chi connectivity index (χ0n) is 18.8. The molecule has 180 valence electrons. The molecule has 0 aliphatic heterocycles. The Labute approximate surface area is 197 Å². The van der Waals surface area contributed by atoms with E-state index >= 15 is 0 Å². The number of hydrogen-bond donors (Lipinski definition) is 2. The fourth-order valence-corrected chi connectivity index (χ4v) is 4.11. The molecule has 0 bridgehead atoms. The van der Waals surface area contributed by atoms with E-state index in [0.29, 0.717) is 10.9 Å². The first-order valence-electron chi connectivity index (χ1n) is 11.5. The molecule has 8 heteroatoms. The standard InChI is InChI=1S/C25H30F4N2OS/c1-2-3-4-5-6-7-8-9-14-30-24-18-15-17-10-12-20(32-16-25(27,28)29)22(26)23(17)31-19(18)11-13-21(24)33/h10-13,15,30,33H,2-9,14,16H2,1H3. The van der Waals surface area contributed by atoms with Gasteiger partial charge in [0.15, 0.2) is 18.2 Å². The lowest BCUT2D eigenvalue weighted by Gasteiger charge is -2.14. The summed E-state index contributed by atoms with van der Waals surface area (Å²) in [6.07, 6.45) is 5.30. The van der Waals surface area contributed by atoms with Crippen LogP contribution in [0, 0.1) is 5.82 Å². The minimum Gasteiger partial charge on any atom is -0.481 e. The van der Waals surface area contributed by atoms with Crippen LogP contribution in [0.5, 0.6) is 5.75 Å². The van der Waals surface area contributed by atoms with Crippen LogP contribution in [0.1, 0.15) is 58.3 Å². The van der Waals surface area contributed by atoms with Gasteiger partial charge in [-0.25, -0.2) is 9.37 Å². The topological polar surface area (TPSA) is 34.2 Å². The number of anilines is 1. The fraction of sp³-hybridized carbons (Fsp3) is 0.480. The van der Waals surface area contributed by atoms with Gasteiger partial charge in [0.25, 0.3) is 0 Å². The van der Waals surface area contributed by atoms with E-state index in [4.69, 9.17) is 0 Å². The molecule has 1 N–H and O–H groups in total. The van der Waals surface area contributed by atoms with Crippen LogP contribution in [0.2, 0.25) is 0 Å². The Morgan fingerprint density at radius 2 is 1.67 bits per heavy atom. The third kappa shape index (κ3) is 7.13. The Kier molecular flexibility index (Phi) is 9.06. The monoisotopic (exact) mass is 482 g/mol. The number of aromatic nitrogens is 1. The molecule has 0 fully saturated rings. The second kappa shape index (κ2) is 11.8. The number of thiol groups is 1. The number of hydrogen-bond acceptors (Lipinski definition) is 4. The van der Waals surface area contributed by atoms with Crippen molar-refractivity contribution in [3.8, 4) is 5.75 Å². The van der Waals surface area contributed by atoms with Crippen LogP contribution in [0.4, 0.5) is 23.2 Å². The van der Waals surface area contributed by atoms with E-state index in [0.717, 1.165) is 35.4 Å². The molecule has 0 spiro atoms. The normalized spacial score (nSPS) is 11.9. The summed E-state index contributed by atoms with van der Waals surface area (Å²) in [5.74, 6) is -1.37. The van der Waals surface area contributed by atoms with Crippen molar-refractivity contribution in [2.24, 2.45) is 0 Å². The van der Waals surface area contributed by atoms with Crippen molar-refractivity contribution in [1.29, 1.82) is 0 Å². The first-order valence-corrected chi connectivity index (χ1v) is 11.9. The van der Waals surface area contributed by atoms with Gasteiger partial charge >= 0.3 is 6.18 Å². The Hall–Kier alpha value is -2.22. The van der Waals surface area contributed by atoms with Crippen LogP contribution in [-0.2, 0) is 0 Å². The molecule has 0 aliphatic carbocycles. The van der Waals surface area contributed by atoms with E-state index < -0.39 is 24.3 Å². The predicted octanol–water partition coefficient (Wildman–Crippen LogP) is 8.31. The molecular formula is C25H30F4N2OS. The molecule has 0 aliphatic rings. The summed E-state index contributed by atoms with van der Waals surface area (Å²) < 4.78 is 56.7. The molecule has 0 saturated carbocycles. The number of pyridine rings is 1. The lowest BCUT2D eigenvalue weighted by molar-refractivity contribution is -0.153. The number of unbranched alkanes of at least 4 members (excludes halogenated alkanes) is 7. The average molecular weight is 483 g/mol. The van der Waals surface area contributed by atoms with Crippen LogP contribution in [0.15, 0.2) is 35.2 Å². The number of rotatable bonds is 12.